The molecule has 3 atom stereocenters. The molecule has 2 fully saturated rings. The fourth-order valence-corrected chi connectivity index (χ4v) is 3.92. The maximum Gasteiger partial charge on any atom is 0.310 e. The van der Waals surface area contributed by atoms with E-state index in [4.69, 9.17) is 11.0 Å². The summed E-state index contributed by atoms with van der Waals surface area (Å²) in [4.78, 5) is 27.7. The van der Waals surface area contributed by atoms with E-state index in [2.05, 4.69) is 21.0 Å². The first-order valence-corrected chi connectivity index (χ1v) is 8.39. The third-order valence-corrected chi connectivity index (χ3v) is 5.32. The number of carbonyl (C=O) groups excluding carboxylic acids is 1. The highest BCUT2D eigenvalue weighted by Crippen LogP contribution is 2.36. The van der Waals surface area contributed by atoms with Crippen molar-refractivity contribution in [2.75, 3.05) is 13.1 Å². The summed E-state index contributed by atoms with van der Waals surface area (Å²) in [5.41, 5.74) is 0.655. The van der Waals surface area contributed by atoms with Crippen LogP contribution in [0.3, 0.4) is 0 Å². The Hall–Kier alpha value is -3.39. The average molecular weight is 348 g/mol. The summed E-state index contributed by atoms with van der Waals surface area (Å²) in [7, 11) is 0. The van der Waals surface area contributed by atoms with E-state index in [0.717, 1.165) is 6.42 Å². The number of carbonyl (C=O) groups is 1. The van der Waals surface area contributed by atoms with Crippen LogP contribution in [-0.4, -0.2) is 50.8 Å². The zero-order valence-electron chi connectivity index (χ0n) is 14.2. The molecule has 4 rings (SSSR count). The van der Waals surface area contributed by atoms with Crippen LogP contribution in [0.4, 0.5) is 5.82 Å². The highest BCUT2D eigenvalue weighted by molar-refractivity contribution is 5.90. The maximum absolute atomic E-state index is 12.9. The molecule has 0 bridgehead atoms. The van der Waals surface area contributed by atoms with Crippen LogP contribution in [0.15, 0.2) is 28.9 Å². The van der Waals surface area contributed by atoms with Gasteiger partial charge in [-0.2, -0.15) is 5.26 Å². The van der Waals surface area contributed by atoms with Gasteiger partial charge in [0.2, 0.25) is 0 Å². The van der Waals surface area contributed by atoms with Gasteiger partial charge in [0.1, 0.15) is 6.20 Å². The van der Waals surface area contributed by atoms with Gasteiger partial charge in [0.25, 0.3) is 11.7 Å². The predicted octanol–water partition coefficient (Wildman–Crippen LogP) is 2.30. The van der Waals surface area contributed by atoms with E-state index in [1.54, 1.807) is 21.9 Å². The molecule has 26 heavy (non-hydrogen) atoms. The minimum Gasteiger partial charge on any atom is -0.432 e. The van der Waals surface area contributed by atoms with Gasteiger partial charge in [-0.15, -0.1) is 4.98 Å². The van der Waals surface area contributed by atoms with E-state index in [-0.39, 0.29) is 29.7 Å². The Labute approximate surface area is 150 Å². The third kappa shape index (κ3) is 2.47. The van der Waals surface area contributed by atoms with Crippen molar-refractivity contribution in [1.29, 1.82) is 5.26 Å². The number of fused-ring (bicyclic) bond motifs is 1. The first-order valence-electron chi connectivity index (χ1n) is 8.39. The largest absolute Gasteiger partial charge is 0.432 e. The molecule has 8 heteroatoms. The molecule has 2 saturated heterocycles. The van der Waals surface area contributed by atoms with Crippen LogP contribution in [0.5, 0.6) is 0 Å². The molecule has 2 aromatic rings. The maximum atomic E-state index is 12.9. The summed E-state index contributed by atoms with van der Waals surface area (Å²) in [5.74, 6) is 0.759. The zero-order chi connectivity index (χ0) is 18.3. The predicted molar refractivity (Wildman–Crippen MR) is 90.7 cm³/mol. The molecule has 0 radical (unpaired) electrons. The van der Waals surface area contributed by atoms with Gasteiger partial charge in [-0.1, -0.05) is 6.57 Å². The molecule has 0 spiro atoms. The number of nitriles is 1. The summed E-state index contributed by atoms with van der Waals surface area (Å²) >= 11 is 0. The molecule has 4 heterocycles. The molecule has 0 aliphatic carbocycles. The Morgan fingerprint density at radius 3 is 3.12 bits per heavy atom. The number of oxazole rings is 1. The molecule has 0 unspecified atom stereocenters. The van der Waals surface area contributed by atoms with E-state index in [1.165, 1.54) is 12.4 Å². The van der Waals surface area contributed by atoms with Gasteiger partial charge in [0.05, 0.1) is 12.2 Å². The number of pyridine rings is 1. The number of hydrogen-bond acceptors (Lipinski definition) is 6. The van der Waals surface area contributed by atoms with Crippen molar-refractivity contribution in [1.82, 2.24) is 19.8 Å². The fourth-order valence-electron chi connectivity index (χ4n) is 3.92. The van der Waals surface area contributed by atoms with Crippen molar-refractivity contribution in [3.05, 3.63) is 41.8 Å². The Kier molecular flexibility index (Phi) is 3.81. The lowest BCUT2D eigenvalue weighted by Crippen LogP contribution is -2.39. The molecule has 2 aliphatic rings. The first-order chi connectivity index (χ1) is 12.6. The van der Waals surface area contributed by atoms with Gasteiger partial charge in [-0.3, -0.25) is 4.79 Å². The third-order valence-electron chi connectivity index (χ3n) is 5.32. The van der Waals surface area contributed by atoms with Crippen molar-refractivity contribution in [2.24, 2.45) is 5.92 Å². The summed E-state index contributed by atoms with van der Waals surface area (Å²) in [6.45, 7) is 10.3. The molecule has 8 nitrogen and oxygen atoms in total. The second-order valence-electron chi connectivity index (χ2n) is 6.56. The molecular formula is C18H16N6O2. The standard InChI is InChI=1S/C18H16N6O2/c1-11-13-4-6-24(14(13)9-23(11)10-19)18(25)17-22-8-15(26-17)12-3-5-21-16(7-12)20-2/h3,5,7-8,11,13-14H,4,6,9H2,1H3/t11-,13-,14+/m1/s1. The highest BCUT2D eigenvalue weighted by Gasteiger charge is 2.48. The number of hydrogen-bond donors (Lipinski definition) is 0. The molecule has 0 N–H and O–H groups in total. The minimum atomic E-state index is -0.254. The van der Waals surface area contributed by atoms with Gasteiger partial charge >= 0.3 is 5.91 Å². The average Bonchev–Trinajstić information content (AvgIpc) is 3.38. The number of nitrogens with zero attached hydrogens (tertiary/aromatic N) is 6. The molecule has 0 aromatic carbocycles. The van der Waals surface area contributed by atoms with Crippen molar-refractivity contribution in [3.8, 4) is 17.5 Å². The number of aromatic nitrogens is 2. The van der Waals surface area contributed by atoms with E-state index in [1.807, 2.05) is 6.92 Å². The molecule has 130 valence electrons. The van der Waals surface area contributed by atoms with Crippen LogP contribution in [0, 0.1) is 23.9 Å². The van der Waals surface area contributed by atoms with Crippen LogP contribution in [0.2, 0.25) is 0 Å². The van der Waals surface area contributed by atoms with Crippen molar-refractivity contribution in [2.45, 2.75) is 25.4 Å². The Balaban J connectivity index is 1.56. The lowest BCUT2D eigenvalue weighted by atomic mass is 9.98. The van der Waals surface area contributed by atoms with Gasteiger partial charge in [-0.25, -0.2) is 4.98 Å². The summed E-state index contributed by atoms with van der Waals surface area (Å²) < 4.78 is 5.66. The van der Waals surface area contributed by atoms with E-state index in [9.17, 15) is 10.1 Å². The van der Waals surface area contributed by atoms with Crippen LogP contribution in [0.25, 0.3) is 16.2 Å². The molecule has 0 saturated carbocycles. The van der Waals surface area contributed by atoms with E-state index in [0.29, 0.717) is 30.3 Å². The minimum absolute atomic E-state index is 0.0159. The highest BCUT2D eigenvalue weighted by atomic mass is 16.4. The van der Waals surface area contributed by atoms with Crippen molar-refractivity contribution >= 4 is 11.7 Å². The SMILES string of the molecule is [C-]#[N+]c1cc(-c2cnc(C(=O)N3CC[C@@H]4[C@@H](C)N(C#N)C[C@@H]43)o2)ccn1. The lowest BCUT2D eigenvalue weighted by Gasteiger charge is -2.22. The summed E-state index contributed by atoms with van der Waals surface area (Å²) in [6, 6.07) is 3.46. The summed E-state index contributed by atoms with van der Waals surface area (Å²) in [6.07, 6.45) is 6.09. The monoisotopic (exact) mass is 348 g/mol. The molecular weight excluding hydrogens is 332 g/mol. The second-order valence-corrected chi connectivity index (χ2v) is 6.56. The van der Waals surface area contributed by atoms with Gasteiger partial charge in [-0.05, 0) is 25.5 Å². The fraction of sp³-hybridized carbons (Fsp3) is 0.389. The van der Waals surface area contributed by atoms with Crippen molar-refractivity contribution < 1.29 is 9.21 Å². The number of rotatable bonds is 2. The number of amides is 1. The Bertz CT molecular complexity index is 940. The van der Waals surface area contributed by atoms with Crippen LogP contribution < -0.4 is 0 Å². The summed E-state index contributed by atoms with van der Waals surface area (Å²) in [5, 5.41) is 9.22. The molecule has 2 aromatic heterocycles. The van der Waals surface area contributed by atoms with Crippen molar-refractivity contribution in [3.63, 3.8) is 0 Å². The first kappa shape index (κ1) is 16.1. The zero-order valence-corrected chi connectivity index (χ0v) is 14.2. The Morgan fingerprint density at radius 2 is 2.35 bits per heavy atom. The Morgan fingerprint density at radius 1 is 1.50 bits per heavy atom. The van der Waals surface area contributed by atoms with Crippen LogP contribution in [0.1, 0.15) is 24.0 Å². The topological polar surface area (TPSA) is 90.6 Å². The van der Waals surface area contributed by atoms with Crippen LogP contribution in [-0.2, 0) is 0 Å². The normalized spacial score (nSPS) is 24.2. The van der Waals surface area contributed by atoms with E-state index < -0.39 is 0 Å². The second kappa shape index (κ2) is 6.16. The number of likely N-dealkylation sites (tertiary alicyclic amines) is 2. The van der Waals surface area contributed by atoms with Gasteiger partial charge in [0.15, 0.2) is 12.0 Å². The van der Waals surface area contributed by atoms with Gasteiger partial charge in [0, 0.05) is 30.6 Å². The smallest absolute Gasteiger partial charge is 0.310 e. The lowest BCUT2D eigenvalue weighted by molar-refractivity contribution is 0.0692. The molecule has 2 aliphatic heterocycles. The van der Waals surface area contributed by atoms with E-state index >= 15 is 0 Å². The molecule has 1 amide bonds. The van der Waals surface area contributed by atoms with Crippen LogP contribution >= 0.6 is 0 Å². The quantitative estimate of drug-likeness (QED) is 0.611. The van der Waals surface area contributed by atoms with Gasteiger partial charge < -0.3 is 19.1 Å².